The van der Waals surface area contributed by atoms with Crippen LogP contribution in [-0.4, -0.2) is 11.9 Å². The topological polar surface area (TPSA) is 55.1 Å². The molecule has 90 valence electrons. The maximum Gasteiger partial charge on any atom is 0.237 e. The number of amides is 1. The third kappa shape index (κ3) is 3.77. The molecule has 0 spiro atoms. The molecule has 0 bridgehead atoms. The number of nitrogens with one attached hydrogen (secondary N) is 1. The minimum atomic E-state index is -0.430. The smallest absolute Gasteiger partial charge is 0.237 e. The van der Waals surface area contributed by atoms with E-state index in [9.17, 15) is 4.79 Å². The molecule has 1 heterocycles. The van der Waals surface area contributed by atoms with E-state index >= 15 is 0 Å². The Bertz CT molecular complexity index is 354. The zero-order valence-corrected chi connectivity index (χ0v) is 11.1. The van der Waals surface area contributed by atoms with E-state index in [1.165, 1.54) is 11.3 Å². The van der Waals surface area contributed by atoms with Crippen molar-refractivity contribution in [1.82, 2.24) is 5.32 Å². The minimum Gasteiger partial charge on any atom is -0.350 e. The molecule has 0 fully saturated rings. The maximum absolute atomic E-state index is 11.7. The average Bonchev–Trinajstić information content (AvgIpc) is 2.69. The highest BCUT2D eigenvalue weighted by Gasteiger charge is 2.18. The Morgan fingerprint density at radius 1 is 1.62 bits per heavy atom. The molecule has 0 aliphatic carbocycles. The van der Waals surface area contributed by atoms with Crippen molar-refractivity contribution in [2.75, 3.05) is 0 Å². The van der Waals surface area contributed by atoms with E-state index in [2.05, 4.69) is 5.32 Å². The minimum absolute atomic E-state index is 0.0983. The predicted octanol–water partition coefficient (Wildman–Crippen LogP) is 2.39. The van der Waals surface area contributed by atoms with Crippen LogP contribution in [0, 0.1) is 5.92 Å². The third-order valence-corrected chi connectivity index (χ3v) is 3.86. The Morgan fingerprint density at radius 2 is 2.31 bits per heavy atom. The van der Waals surface area contributed by atoms with Crippen LogP contribution in [-0.2, 0) is 11.3 Å². The van der Waals surface area contributed by atoms with E-state index in [-0.39, 0.29) is 11.8 Å². The molecule has 16 heavy (non-hydrogen) atoms. The van der Waals surface area contributed by atoms with Crippen molar-refractivity contribution in [3.8, 4) is 0 Å². The second-order valence-corrected chi connectivity index (χ2v) is 5.63. The molecule has 1 amide bonds. The van der Waals surface area contributed by atoms with Gasteiger partial charge in [-0.05, 0) is 18.1 Å². The molecule has 2 unspecified atom stereocenters. The third-order valence-electron chi connectivity index (χ3n) is 2.63. The van der Waals surface area contributed by atoms with E-state index in [0.29, 0.717) is 6.54 Å². The molecule has 5 heteroatoms. The molecule has 1 aromatic heterocycles. The van der Waals surface area contributed by atoms with E-state index in [1.807, 2.05) is 26.0 Å². The van der Waals surface area contributed by atoms with Gasteiger partial charge in [-0.15, -0.1) is 11.3 Å². The Balaban J connectivity index is 2.40. The number of carbonyl (C=O) groups excluding carboxylic acids is 1. The molecule has 0 saturated heterocycles. The standard InChI is InChI=1S/C11H17ClN2OS/c1-3-7(2)10(13)11(15)14-6-8-4-5-9(12)16-8/h4-5,7,10H,3,6,13H2,1-2H3,(H,14,15). The summed E-state index contributed by atoms with van der Waals surface area (Å²) in [4.78, 5) is 12.7. The molecule has 3 nitrogen and oxygen atoms in total. The summed E-state index contributed by atoms with van der Waals surface area (Å²) < 4.78 is 0.732. The highest BCUT2D eigenvalue weighted by molar-refractivity contribution is 7.16. The first-order valence-electron chi connectivity index (χ1n) is 5.32. The van der Waals surface area contributed by atoms with Gasteiger partial charge in [-0.1, -0.05) is 31.9 Å². The molecule has 0 aromatic carbocycles. The lowest BCUT2D eigenvalue weighted by atomic mass is 9.99. The van der Waals surface area contributed by atoms with Gasteiger partial charge in [-0.3, -0.25) is 4.79 Å². The SMILES string of the molecule is CCC(C)C(N)C(=O)NCc1ccc(Cl)s1. The Kier molecular flexibility index (Phi) is 5.25. The summed E-state index contributed by atoms with van der Waals surface area (Å²) in [7, 11) is 0. The fraction of sp³-hybridized carbons (Fsp3) is 0.545. The predicted molar refractivity (Wildman–Crippen MR) is 68.6 cm³/mol. The average molecular weight is 261 g/mol. The van der Waals surface area contributed by atoms with Crippen LogP contribution in [0.15, 0.2) is 12.1 Å². The molecule has 0 saturated carbocycles. The lowest BCUT2D eigenvalue weighted by Crippen LogP contribution is -2.44. The lowest BCUT2D eigenvalue weighted by Gasteiger charge is -2.17. The normalized spacial score (nSPS) is 14.5. The van der Waals surface area contributed by atoms with Crippen LogP contribution >= 0.6 is 22.9 Å². The quantitative estimate of drug-likeness (QED) is 0.854. The highest BCUT2D eigenvalue weighted by Crippen LogP contribution is 2.21. The van der Waals surface area contributed by atoms with E-state index in [0.717, 1.165) is 15.6 Å². The Labute approximate surface area is 105 Å². The van der Waals surface area contributed by atoms with Crippen molar-refractivity contribution in [3.05, 3.63) is 21.3 Å². The van der Waals surface area contributed by atoms with Gasteiger partial charge in [0.05, 0.1) is 16.9 Å². The molecule has 0 radical (unpaired) electrons. The van der Waals surface area contributed by atoms with Crippen molar-refractivity contribution in [2.45, 2.75) is 32.9 Å². The molecule has 3 N–H and O–H groups in total. The number of hydrogen-bond donors (Lipinski definition) is 2. The second-order valence-electron chi connectivity index (χ2n) is 3.83. The molecular weight excluding hydrogens is 244 g/mol. The lowest BCUT2D eigenvalue weighted by molar-refractivity contribution is -0.123. The molecular formula is C11H17ClN2OS. The number of halogens is 1. The molecule has 2 atom stereocenters. The number of rotatable bonds is 5. The maximum atomic E-state index is 11.7. The first-order valence-corrected chi connectivity index (χ1v) is 6.51. The Morgan fingerprint density at radius 3 is 2.81 bits per heavy atom. The number of carbonyl (C=O) groups is 1. The van der Waals surface area contributed by atoms with Crippen LogP contribution in [0.3, 0.4) is 0 Å². The molecule has 0 aliphatic rings. The van der Waals surface area contributed by atoms with Gasteiger partial charge in [0, 0.05) is 4.88 Å². The number of thiophene rings is 1. The van der Waals surface area contributed by atoms with Crippen molar-refractivity contribution in [3.63, 3.8) is 0 Å². The van der Waals surface area contributed by atoms with Crippen LogP contribution in [0.2, 0.25) is 4.34 Å². The summed E-state index contributed by atoms with van der Waals surface area (Å²) in [5, 5.41) is 2.82. The first-order chi connectivity index (χ1) is 7.54. The first kappa shape index (κ1) is 13.5. The fourth-order valence-corrected chi connectivity index (χ4v) is 2.28. The van der Waals surface area contributed by atoms with Crippen molar-refractivity contribution < 1.29 is 4.79 Å². The van der Waals surface area contributed by atoms with Gasteiger partial charge >= 0.3 is 0 Å². The van der Waals surface area contributed by atoms with Crippen molar-refractivity contribution in [2.24, 2.45) is 11.7 Å². The number of hydrogen-bond acceptors (Lipinski definition) is 3. The zero-order chi connectivity index (χ0) is 12.1. The van der Waals surface area contributed by atoms with Gasteiger partial charge < -0.3 is 11.1 Å². The molecule has 1 rings (SSSR count). The van der Waals surface area contributed by atoms with Gasteiger partial charge in [-0.2, -0.15) is 0 Å². The van der Waals surface area contributed by atoms with E-state index in [4.69, 9.17) is 17.3 Å². The van der Waals surface area contributed by atoms with E-state index in [1.54, 1.807) is 0 Å². The number of nitrogens with two attached hydrogens (primary N) is 1. The van der Waals surface area contributed by atoms with Gasteiger partial charge in [0.2, 0.25) is 5.91 Å². The van der Waals surface area contributed by atoms with Crippen LogP contribution in [0.5, 0.6) is 0 Å². The summed E-state index contributed by atoms with van der Waals surface area (Å²) >= 11 is 7.26. The summed E-state index contributed by atoms with van der Waals surface area (Å²) in [6, 6.07) is 3.30. The van der Waals surface area contributed by atoms with E-state index < -0.39 is 6.04 Å². The van der Waals surface area contributed by atoms with Crippen molar-refractivity contribution >= 4 is 28.8 Å². The van der Waals surface area contributed by atoms with Crippen LogP contribution in [0.4, 0.5) is 0 Å². The largest absolute Gasteiger partial charge is 0.350 e. The highest BCUT2D eigenvalue weighted by atomic mass is 35.5. The summed E-state index contributed by atoms with van der Waals surface area (Å²) in [5.41, 5.74) is 5.81. The summed E-state index contributed by atoms with van der Waals surface area (Å²) in [6.45, 7) is 4.50. The summed E-state index contributed by atoms with van der Waals surface area (Å²) in [6.07, 6.45) is 0.902. The fourth-order valence-electron chi connectivity index (χ4n) is 1.25. The van der Waals surface area contributed by atoms with Crippen LogP contribution in [0.25, 0.3) is 0 Å². The van der Waals surface area contributed by atoms with Crippen molar-refractivity contribution in [1.29, 1.82) is 0 Å². The van der Waals surface area contributed by atoms with Gasteiger partial charge in [0.15, 0.2) is 0 Å². The zero-order valence-electron chi connectivity index (χ0n) is 9.50. The van der Waals surface area contributed by atoms with Crippen LogP contribution in [0.1, 0.15) is 25.1 Å². The molecule has 1 aromatic rings. The summed E-state index contributed by atoms with van der Waals surface area (Å²) in [5.74, 6) is 0.103. The molecule has 0 aliphatic heterocycles. The van der Waals surface area contributed by atoms with Crippen LogP contribution < -0.4 is 11.1 Å². The van der Waals surface area contributed by atoms with Gasteiger partial charge in [0.25, 0.3) is 0 Å². The second kappa shape index (κ2) is 6.23. The monoisotopic (exact) mass is 260 g/mol. The van der Waals surface area contributed by atoms with Gasteiger partial charge in [-0.25, -0.2) is 0 Å². The Hall–Kier alpha value is -0.580. The van der Waals surface area contributed by atoms with Gasteiger partial charge in [0.1, 0.15) is 0 Å².